The van der Waals surface area contributed by atoms with Crippen LogP contribution in [-0.4, -0.2) is 19.0 Å². The summed E-state index contributed by atoms with van der Waals surface area (Å²) in [4.78, 5) is 0. The first-order chi connectivity index (χ1) is 10.3. The van der Waals surface area contributed by atoms with Crippen LogP contribution in [0.1, 0.15) is 24.8 Å². The Kier molecular flexibility index (Phi) is 3.05. The van der Waals surface area contributed by atoms with E-state index in [2.05, 4.69) is 6.08 Å². The predicted molar refractivity (Wildman–Crippen MR) is 80.4 cm³/mol. The van der Waals surface area contributed by atoms with Crippen LogP contribution in [0.15, 0.2) is 42.5 Å². The molecule has 1 saturated heterocycles. The van der Waals surface area contributed by atoms with E-state index in [0.29, 0.717) is 18.6 Å². The zero-order valence-corrected chi connectivity index (χ0v) is 11.8. The fourth-order valence-corrected chi connectivity index (χ4v) is 3.35. The van der Waals surface area contributed by atoms with Crippen LogP contribution in [0.3, 0.4) is 0 Å². The molecule has 21 heavy (non-hydrogen) atoms. The van der Waals surface area contributed by atoms with Crippen molar-refractivity contribution < 1.29 is 13.9 Å². The Morgan fingerprint density at radius 3 is 2.43 bits per heavy atom. The summed E-state index contributed by atoms with van der Waals surface area (Å²) in [6, 6.07) is 11.1. The minimum Gasteiger partial charge on any atom is -0.347 e. The van der Waals surface area contributed by atoms with Gasteiger partial charge in [0.1, 0.15) is 5.82 Å². The molecule has 1 heterocycles. The van der Waals surface area contributed by atoms with Crippen LogP contribution in [0.2, 0.25) is 0 Å². The number of hydrogen-bond acceptors (Lipinski definition) is 2. The van der Waals surface area contributed by atoms with E-state index in [0.717, 1.165) is 30.2 Å². The van der Waals surface area contributed by atoms with Crippen molar-refractivity contribution in [2.75, 3.05) is 13.2 Å². The zero-order chi connectivity index (χ0) is 14.3. The maximum atomic E-state index is 13.9. The Balaban J connectivity index is 1.74. The number of benzene rings is 2. The fourth-order valence-electron chi connectivity index (χ4n) is 3.35. The highest BCUT2D eigenvalue weighted by Crippen LogP contribution is 2.40. The van der Waals surface area contributed by atoms with E-state index in [1.165, 1.54) is 5.57 Å². The third kappa shape index (κ3) is 2.17. The lowest BCUT2D eigenvalue weighted by Gasteiger charge is -2.31. The lowest BCUT2D eigenvalue weighted by atomic mass is 9.87. The van der Waals surface area contributed by atoms with Crippen molar-refractivity contribution in [1.82, 2.24) is 0 Å². The Morgan fingerprint density at radius 2 is 1.71 bits per heavy atom. The maximum Gasteiger partial charge on any atom is 0.172 e. The highest BCUT2D eigenvalue weighted by Gasteiger charge is 2.37. The normalized spacial score (nSPS) is 20.9. The Labute approximate surface area is 123 Å². The first kappa shape index (κ1) is 13.0. The van der Waals surface area contributed by atoms with Gasteiger partial charge in [0.05, 0.1) is 13.2 Å². The number of allylic oxidation sites excluding steroid dienone is 1. The van der Waals surface area contributed by atoms with E-state index in [1.807, 2.05) is 30.3 Å². The molecule has 3 heteroatoms. The molecule has 0 radical (unpaired) electrons. The largest absolute Gasteiger partial charge is 0.347 e. The summed E-state index contributed by atoms with van der Waals surface area (Å²) in [5.74, 6) is -0.566. The first-order valence-corrected chi connectivity index (χ1v) is 7.42. The molecule has 0 saturated carbocycles. The molecule has 1 aliphatic heterocycles. The molecule has 0 unspecified atom stereocenters. The number of fused-ring (bicyclic) bond motifs is 1. The third-order valence-electron chi connectivity index (χ3n) is 4.47. The molecule has 2 aliphatic rings. The van der Waals surface area contributed by atoms with E-state index in [9.17, 15) is 4.39 Å². The van der Waals surface area contributed by atoms with Crippen molar-refractivity contribution in [2.24, 2.45) is 0 Å². The second-order valence-corrected chi connectivity index (χ2v) is 5.68. The molecular formula is C18H17FO2. The number of rotatable bonds is 1. The third-order valence-corrected chi connectivity index (χ3v) is 4.47. The fraction of sp³-hybridized carbons (Fsp3) is 0.333. The van der Waals surface area contributed by atoms with Gasteiger partial charge in [0.15, 0.2) is 5.79 Å². The van der Waals surface area contributed by atoms with Crippen molar-refractivity contribution in [3.63, 3.8) is 0 Å². The summed E-state index contributed by atoms with van der Waals surface area (Å²) in [6.07, 6.45) is 4.72. The summed E-state index contributed by atoms with van der Waals surface area (Å²) in [6.45, 7) is 1.37. The van der Waals surface area contributed by atoms with Crippen molar-refractivity contribution in [1.29, 1.82) is 0 Å². The van der Waals surface area contributed by atoms with E-state index in [-0.39, 0.29) is 5.82 Å². The molecule has 0 N–H and O–H groups in total. The van der Waals surface area contributed by atoms with Gasteiger partial charge in [0.25, 0.3) is 0 Å². The molecule has 1 fully saturated rings. The predicted octanol–water partition coefficient (Wildman–Crippen LogP) is 4.29. The van der Waals surface area contributed by atoms with Gasteiger partial charge in [-0.05, 0) is 29.0 Å². The minimum absolute atomic E-state index is 0.162. The van der Waals surface area contributed by atoms with Crippen LogP contribution < -0.4 is 0 Å². The van der Waals surface area contributed by atoms with Gasteiger partial charge >= 0.3 is 0 Å². The van der Waals surface area contributed by atoms with Crippen molar-refractivity contribution in [3.8, 4) is 0 Å². The minimum atomic E-state index is -0.403. The molecule has 4 rings (SSSR count). The summed E-state index contributed by atoms with van der Waals surface area (Å²) in [7, 11) is 0. The molecule has 2 nitrogen and oxygen atoms in total. The number of ether oxygens (including phenoxy) is 2. The van der Waals surface area contributed by atoms with Gasteiger partial charge in [-0.1, -0.05) is 36.4 Å². The van der Waals surface area contributed by atoms with E-state index in [1.54, 1.807) is 6.07 Å². The first-order valence-electron chi connectivity index (χ1n) is 7.42. The molecule has 2 aromatic carbocycles. The van der Waals surface area contributed by atoms with Gasteiger partial charge in [-0.3, -0.25) is 0 Å². The van der Waals surface area contributed by atoms with Crippen molar-refractivity contribution in [3.05, 3.63) is 53.9 Å². The molecule has 0 amide bonds. The summed E-state index contributed by atoms with van der Waals surface area (Å²) < 4.78 is 25.4. The molecule has 1 aliphatic carbocycles. The average Bonchev–Trinajstić information content (AvgIpc) is 2.98. The van der Waals surface area contributed by atoms with E-state index >= 15 is 0 Å². The van der Waals surface area contributed by atoms with Crippen molar-refractivity contribution in [2.45, 2.75) is 25.0 Å². The van der Waals surface area contributed by atoms with Crippen LogP contribution in [0.4, 0.5) is 4.39 Å². The molecule has 0 aromatic heterocycles. The SMILES string of the molecule is Fc1ccc(C2=CCC3(CC2)OCCO3)c2ccccc12. The second kappa shape index (κ2) is 4.93. The van der Waals surface area contributed by atoms with Crippen LogP contribution >= 0.6 is 0 Å². The summed E-state index contributed by atoms with van der Waals surface area (Å²) >= 11 is 0. The highest BCUT2D eigenvalue weighted by atomic mass is 19.1. The molecule has 2 aromatic rings. The van der Waals surface area contributed by atoms with Gasteiger partial charge < -0.3 is 9.47 Å². The van der Waals surface area contributed by atoms with Crippen LogP contribution in [-0.2, 0) is 9.47 Å². The van der Waals surface area contributed by atoms with E-state index in [4.69, 9.17) is 9.47 Å². The van der Waals surface area contributed by atoms with Gasteiger partial charge in [-0.2, -0.15) is 0 Å². The summed E-state index contributed by atoms with van der Waals surface area (Å²) in [5.41, 5.74) is 2.38. The molecule has 0 atom stereocenters. The molecular weight excluding hydrogens is 267 g/mol. The van der Waals surface area contributed by atoms with Gasteiger partial charge in [-0.15, -0.1) is 0 Å². The molecule has 1 spiro atoms. The van der Waals surface area contributed by atoms with Crippen LogP contribution in [0.25, 0.3) is 16.3 Å². The smallest absolute Gasteiger partial charge is 0.172 e. The number of hydrogen-bond donors (Lipinski definition) is 0. The van der Waals surface area contributed by atoms with E-state index < -0.39 is 5.79 Å². The number of halogens is 1. The standard InChI is InChI=1S/C18H17FO2/c19-17-6-5-14(15-3-1-2-4-16(15)17)13-7-9-18(10-8-13)20-11-12-21-18/h1-7H,8-12H2. The van der Waals surface area contributed by atoms with Gasteiger partial charge in [-0.25, -0.2) is 4.39 Å². The van der Waals surface area contributed by atoms with Gasteiger partial charge in [0, 0.05) is 18.2 Å². The highest BCUT2D eigenvalue weighted by molar-refractivity contribution is 5.94. The Bertz CT molecular complexity index is 714. The maximum absolute atomic E-state index is 13.9. The topological polar surface area (TPSA) is 18.5 Å². The summed E-state index contributed by atoms with van der Waals surface area (Å²) in [5, 5.41) is 1.66. The van der Waals surface area contributed by atoms with Crippen LogP contribution in [0, 0.1) is 5.82 Å². The Hall–Kier alpha value is -1.71. The average molecular weight is 284 g/mol. The van der Waals surface area contributed by atoms with Gasteiger partial charge in [0.2, 0.25) is 0 Å². The molecule has 0 bridgehead atoms. The lowest BCUT2D eigenvalue weighted by Crippen LogP contribution is -2.31. The monoisotopic (exact) mass is 284 g/mol. The van der Waals surface area contributed by atoms with Crippen molar-refractivity contribution >= 4 is 16.3 Å². The Morgan fingerprint density at radius 1 is 0.952 bits per heavy atom. The van der Waals surface area contributed by atoms with Crippen LogP contribution in [0.5, 0.6) is 0 Å². The molecule has 108 valence electrons. The second-order valence-electron chi connectivity index (χ2n) is 5.68. The zero-order valence-electron chi connectivity index (χ0n) is 11.8. The lowest BCUT2D eigenvalue weighted by molar-refractivity contribution is -0.159. The quantitative estimate of drug-likeness (QED) is 0.777.